The van der Waals surface area contributed by atoms with Gasteiger partial charge in [0, 0.05) is 50.5 Å². The van der Waals surface area contributed by atoms with E-state index in [4.69, 9.17) is 0 Å². The molecular weight excluding hydrogens is 334 g/mol. The van der Waals surface area contributed by atoms with Crippen molar-refractivity contribution in [2.24, 2.45) is 11.3 Å². The van der Waals surface area contributed by atoms with E-state index in [9.17, 15) is 9.59 Å². The van der Waals surface area contributed by atoms with E-state index in [1.54, 1.807) is 11.8 Å². The van der Waals surface area contributed by atoms with Gasteiger partial charge in [-0.1, -0.05) is 11.6 Å². The molecule has 2 atom stereocenters. The molecular formula is C19H31N3O2S. The maximum Gasteiger partial charge on any atom is 0.232 e. The minimum atomic E-state index is 0.0390. The van der Waals surface area contributed by atoms with Crippen LogP contribution in [0.4, 0.5) is 0 Å². The van der Waals surface area contributed by atoms with Crippen molar-refractivity contribution in [3.8, 4) is 0 Å². The fourth-order valence-corrected chi connectivity index (χ4v) is 5.26. The lowest BCUT2D eigenvalue weighted by Gasteiger charge is -2.32. The number of thioether (sulfide) groups is 1. The smallest absolute Gasteiger partial charge is 0.232 e. The molecule has 0 aromatic heterocycles. The average molecular weight is 366 g/mol. The van der Waals surface area contributed by atoms with Crippen molar-refractivity contribution in [3.63, 3.8) is 0 Å². The van der Waals surface area contributed by atoms with Gasteiger partial charge >= 0.3 is 0 Å². The highest BCUT2D eigenvalue weighted by atomic mass is 32.2. The first-order valence-electron chi connectivity index (χ1n) is 9.30. The summed E-state index contributed by atoms with van der Waals surface area (Å²) in [6.45, 7) is 4.14. The second kappa shape index (κ2) is 7.70. The Labute approximate surface area is 155 Å². The summed E-state index contributed by atoms with van der Waals surface area (Å²) >= 11 is 1.59. The number of hydrogen-bond acceptors (Lipinski definition) is 4. The first-order valence-corrected chi connectivity index (χ1v) is 10.7. The third-order valence-electron chi connectivity index (χ3n) is 5.88. The summed E-state index contributed by atoms with van der Waals surface area (Å²) in [6, 6.07) is 0. The fourth-order valence-electron chi connectivity index (χ4n) is 4.83. The van der Waals surface area contributed by atoms with Crippen LogP contribution in [0.5, 0.6) is 0 Å². The Hall–Kier alpha value is -1.01. The standard InChI is InChI=1S/C19H31N3O2S/c1-20(2)12-19-13-21(17(23)8-15-6-4-5-7-15)9-16(19)10-22(14-19)18(24)11-25-3/h6,16H,4-5,7-14H2,1-3H3. The molecule has 0 saturated carbocycles. The molecule has 2 saturated heterocycles. The van der Waals surface area contributed by atoms with Gasteiger partial charge in [-0.15, -0.1) is 0 Å². The van der Waals surface area contributed by atoms with Crippen LogP contribution in [0.2, 0.25) is 0 Å². The van der Waals surface area contributed by atoms with Gasteiger partial charge in [-0.25, -0.2) is 0 Å². The van der Waals surface area contributed by atoms with E-state index in [0.29, 0.717) is 18.1 Å². The minimum absolute atomic E-state index is 0.0390. The number of allylic oxidation sites excluding steroid dienone is 1. The molecule has 3 rings (SSSR count). The number of nitrogens with zero attached hydrogens (tertiary/aromatic N) is 3. The van der Waals surface area contributed by atoms with Crippen molar-refractivity contribution in [1.82, 2.24) is 14.7 Å². The van der Waals surface area contributed by atoms with Gasteiger partial charge in [-0.3, -0.25) is 9.59 Å². The summed E-state index contributed by atoms with van der Waals surface area (Å²) in [5.41, 5.74) is 1.36. The van der Waals surface area contributed by atoms with E-state index < -0.39 is 0 Å². The largest absolute Gasteiger partial charge is 0.341 e. The molecule has 0 bridgehead atoms. The molecule has 2 unspecified atom stereocenters. The second-order valence-corrected chi connectivity index (χ2v) is 9.08. The zero-order valence-corrected chi connectivity index (χ0v) is 16.6. The highest BCUT2D eigenvalue weighted by Crippen LogP contribution is 2.43. The Kier molecular flexibility index (Phi) is 5.78. The van der Waals surface area contributed by atoms with Crippen LogP contribution in [0.15, 0.2) is 11.6 Å². The van der Waals surface area contributed by atoms with Crippen LogP contribution in [0.1, 0.15) is 25.7 Å². The van der Waals surface area contributed by atoms with Gasteiger partial charge in [0.05, 0.1) is 5.75 Å². The monoisotopic (exact) mass is 365 g/mol. The zero-order valence-electron chi connectivity index (χ0n) is 15.8. The second-order valence-electron chi connectivity index (χ2n) is 8.21. The van der Waals surface area contributed by atoms with Crippen molar-refractivity contribution in [2.75, 3.05) is 58.8 Å². The van der Waals surface area contributed by atoms with E-state index in [0.717, 1.165) is 45.6 Å². The maximum atomic E-state index is 12.8. The summed E-state index contributed by atoms with van der Waals surface area (Å²) < 4.78 is 0. The lowest BCUT2D eigenvalue weighted by molar-refractivity contribution is -0.130. The number of carbonyl (C=O) groups is 2. The quantitative estimate of drug-likeness (QED) is 0.672. The lowest BCUT2D eigenvalue weighted by atomic mass is 9.80. The van der Waals surface area contributed by atoms with E-state index in [-0.39, 0.29) is 17.2 Å². The topological polar surface area (TPSA) is 43.9 Å². The predicted octanol–water partition coefficient (Wildman–Crippen LogP) is 1.70. The first-order chi connectivity index (χ1) is 11.9. The summed E-state index contributed by atoms with van der Waals surface area (Å²) in [4.78, 5) is 31.4. The fraction of sp³-hybridized carbons (Fsp3) is 0.789. The van der Waals surface area contributed by atoms with Crippen molar-refractivity contribution in [3.05, 3.63) is 11.6 Å². The van der Waals surface area contributed by atoms with Crippen molar-refractivity contribution in [1.29, 1.82) is 0 Å². The number of carbonyl (C=O) groups excluding carboxylic acids is 2. The Morgan fingerprint density at radius 3 is 2.48 bits per heavy atom. The molecule has 0 radical (unpaired) electrons. The molecule has 2 amide bonds. The van der Waals surface area contributed by atoms with E-state index in [1.165, 1.54) is 12.0 Å². The summed E-state index contributed by atoms with van der Waals surface area (Å²) in [6.07, 6.45) is 8.23. The first kappa shape index (κ1) is 18.8. The van der Waals surface area contributed by atoms with Gasteiger partial charge < -0.3 is 14.7 Å². The molecule has 140 valence electrons. The molecule has 0 N–H and O–H groups in total. The van der Waals surface area contributed by atoms with Crippen molar-refractivity contribution >= 4 is 23.6 Å². The number of fused-ring (bicyclic) bond motifs is 1. The number of likely N-dealkylation sites (tertiary alicyclic amines) is 2. The third kappa shape index (κ3) is 4.05. The van der Waals surface area contributed by atoms with Crippen LogP contribution in [0.25, 0.3) is 0 Å². The van der Waals surface area contributed by atoms with E-state index in [1.807, 2.05) is 11.2 Å². The van der Waals surface area contributed by atoms with Gasteiger partial charge in [0.15, 0.2) is 0 Å². The van der Waals surface area contributed by atoms with Gasteiger partial charge in [0.2, 0.25) is 11.8 Å². The van der Waals surface area contributed by atoms with E-state index in [2.05, 4.69) is 30.0 Å². The number of hydrogen-bond donors (Lipinski definition) is 0. The maximum absolute atomic E-state index is 12.8. The zero-order chi connectivity index (χ0) is 18.0. The Morgan fingerprint density at radius 2 is 1.92 bits per heavy atom. The van der Waals surface area contributed by atoms with Crippen LogP contribution in [-0.4, -0.2) is 85.3 Å². The minimum Gasteiger partial charge on any atom is -0.341 e. The number of amides is 2. The van der Waals surface area contributed by atoms with Crippen LogP contribution >= 0.6 is 11.8 Å². The Balaban J connectivity index is 1.67. The molecule has 5 nitrogen and oxygen atoms in total. The molecule has 1 aliphatic carbocycles. The molecule has 0 spiro atoms. The highest BCUT2D eigenvalue weighted by Gasteiger charge is 2.54. The van der Waals surface area contributed by atoms with Gasteiger partial charge in [-0.05, 0) is 39.6 Å². The average Bonchev–Trinajstić information content (AvgIpc) is 3.20. The molecule has 3 aliphatic rings. The molecule has 2 heterocycles. The summed E-state index contributed by atoms with van der Waals surface area (Å²) in [7, 11) is 4.18. The third-order valence-corrected chi connectivity index (χ3v) is 6.41. The van der Waals surface area contributed by atoms with Gasteiger partial charge in [0.25, 0.3) is 0 Å². The lowest BCUT2D eigenvalue weighted by Crippen LogP contribution is -2.44. The molecule has 0 aromatic rings. The molecule has 25 heavy (non-hydrogen) atoms. The molecule has 0 aromatic carbocycles. The highest BCUT2D eigenvalue weighted by molar-refractivity contribution is 7.99. The van der Waals surface area contributed by atoms with E-state index >= 15 is 0 Å². The number of rotatable bonds is 6. The molecule has 2 aliphatic heterocycles. The Morgan fingerprint density at radius 1 is 1.24 bits per heavy atom. The normalized spacial score (nSPS) is 28.6. The van der Waals surface area contributed by atoms with Crippen molar-refractivity contribution < 1.29 is 9.59 Å². The summed E-state index contributed by atoms with van der Waals surface area (Å²) in [5.74, 6) is 1.49. The van der Waals surface area contributed by atoms with Crippen molar-refractivity contribution in [2.45, 2.75) is 25.7 Å². The van der Waals surface area contributed by atoms with Crippen LogP contribution in [-0.2, 0) is 9.59 Å². The van der Waals surface area contributed by atoms with Crippen LogP contribution in [0.3, 0.4) is 0 Å². The Bertz CT molecular complexity index is 563. The molecule has 2 fully saturated rings. The predicted molar refractivity (Wildman–Crippen MR) is 103 cm³/mol. The molecule has 6 heteroatoms. The van der Waals surface area contributed by atoms with Crippen LogP contribution < -0.4 is 0 Å². The summed E-state index contributed by atoms with van der Waals surface area (Å²) in [5, 5.41) is 0. The van der Waals surface area contributed by atoms with Gasteiger partial charge in [0.1, 0.15) is 0 Å². The van der Waals surface area contributed by atoms with Crippen LogP contribution in [0, 0.1) is 11.3 Å². The van der Waals surface area contributed by atoms with Gasteiger partial charge in [-0.2, -0.15) is 11.8 Å². The SMILES string of the molecule is CSCC(=O)N1CC2CN(C(=O)CC3=CCCC3)CC2(CN(C)C)C1.